The third kappa shape index (κ3) is 2.62. The summed E-state index contributed by atoms with van der Waals surface area (Å²) in [6.45, 7) is 0. The zero-order valence-electron chi connectivity index (χ0n) is 11.2. The highest BCUT2D eigenvalue weighted by molar-refractivity contribution is 5.83. The molecule has 0 spiro atoms. The lowest BCUT2D eigenvalue weighted by Crippen LogP contribution is -2.33. The maximum atomic E-state index is 11.6. The van der Waals surface area contributed by atoms with Gasteiger partial charge in [-0.1, -0.05) is 51.4 Å². The molecule has 0 amide bonds. The first-order valence-corrected chi connectivity index (χ1v) is 7.74. The number of hydrogen-bond acceptors (Lipinski definition) is 2. The smallest absolute Gasteiger partial charge is 0.321 e. The molecule has 0 bridgehead atoms. The van der Waals surface area contributed by atoms with Crippen LogP contribution in [0.15, 0.2) is 11.8 Å². The minimum atomic E-state index is 0.0274. The highest BCUT2D eigenvalue weighted by atomic mass is 16.6. The SMILES string of the molecule is O=C1OC(=CCC2CCCC2)[C@@H]1CC1CCCC1. The molecule has 1 aliphatic heterocycles. The average molecular weight is 248 g/mol. The van der Waals surface area contributed by atoms with Crippen molar-refractivity contribution in [2.24, 2.45) is 17.8 Å². The fourth-order valence-corrected chi connectivity index (χ4v) is 3.82. The van der Waals surface area contributed by atoms with Gasteiger partial charge >= 0.3 is 5.97 Å². The second-order valence-corrected chi connectivity index (χ2v) is 6.35. The number of carbonyl (C=O) groups is 1. The van der Waals surface area contributed by atoms with Crippen LogP contribution in [-0.2, 0) is 9.53 Å². The number of ether oxygens (including phenoxy) is 1. The van der Waals surface area contributed by atoms with Crippen LogP contribution < -0.4 is 0 Å². The Kier molecular flexibility index (Phi) is 3.72. The summed E-state index contributed by atoms with van der Waals surface area (Å²) < 4.78 is 5.24. The number of carbonyl (C=O) groups excluding carboxylic acids is 1. The molecule has 2 aliphatic carbocycles. The highest BCUT2D eigenvalue weighted by Crippen LogP contribution is 2.39. The molecule has 2 heteroatoms. The van der Waals surface area contributed by atoms with Crippen molar-refractivity contribution in [1.82, 2.24) is 0 Å². The fraction of sp³-hybridized carbons (Fsp3) is 0.812. The van der Waals surface area contributed by atoms with Gasteiger partial charge in [0.05, 0.1) is 0 Å². The van der Waals surface area contributed by atoms with Crippen molar-refractivity contribution in [3.8, 4) is 0 Å². The molecule has 100 valence electrons. The topological polar surface area (TPSA) is 26.3 Å². The minimum Gasteiger partial charge on any atom is -0.430 e. The molecular weight excluding hydrogens is 224 g/mol. The summed E-state index contributed by atoms with van der Waals surface area (Å²) in [4.78, 5) is 11.6. The van der Waals surface area contributed by atoms with Crippen molar-refractivity contribution < 1.29 is 9.53 Å². The maximum Gasteiger partial charge on any atom is 0.321 e. The van der Waals surface area contributed by atoms with Gasteiger partial charge in [0.25, 0.3) is 0 Å². The molecule has 1 saturated heterocycles. The zero-order chi connectivity index (χ0) is 12.4. The van der Waals surface area contributed by atoms with Gasteiger partial charge in [0.1, 0.15) is 11.7 Å². The van der Waals surface area contributed by atoms with E-state index in [0.717, 1.165) is 30.4 Å². The van der Waals surface area contributed by atoms with Gasteiger partial charge in [-0.25, -0.2) is 0 Å². The molecule has 1 atom stereocenters. The molecule has 0 radical (unpaired) electrons. The van der Waals surface area contributed by atoms with Crippen LogP contribution in [0.25, 0.3) is 0 Å². The Morgan fingerprint density at radius 1 is 1.00 bits per heavy atom. The summed E-state index contributed by atoms with van der Waals surface area (Å²) >= 11 is 0. The molecular formula is C16H24O2. The third-order valence-corrected chi connectivity index (χ3v) is 5.02. The van der Waals surface area contributed by atoms with E-state index in [9.17, 15) is 4.79 Å². The van der Waals surface area contributed by atoms with E-state index in [2.05, 4.69) is 6.08 Å². The summed E-state index contributed by atoms with van der Waals surface area (Å²) in [6.07, 6.45) is 15.3. The minimum absolute atomic E-state index is 0.0274. The van der Waals surface area contributed by atoms with Crippen molar-refractivity contribution >= 4 is 5.97 Å². The van der Waals surface area contributed by atoms with Gasteiger partial charge in [0.2, 0.25) is 0 Å². The molecule has 18 heavy (non-hydrogen) atoms. The summed E-state index contributed by atoms with van der Waals surface area (Å²) in [5, 5.41) is 0. The monoisotopic (exact) mass is 248 g/mol. The number of rotatable bonds is 4. The summed E-state index contributed by atoms with van der Waals surface area (Å²) in [5.74, 6) is 2.77. The Hall–Kier alpha value is -0.790. The van der Waals surface area contributed by atoms with Crippen LogP contribution in [-0.4, -0.2) is 5.97 Å². The first-order chi connectivity index (χ1) is 8.83. The lowest BCUT2D eigenvalue weighted by Gasteiger charge is -2.30. The van der Waals surface area contributed by atoms with Crippen molar-refractivity contribution in [2.75, 3.05) is 0 Å². The van der Waals surface area contributed by atoms with Crippen molar-refractivity contribution in [1.29, 1.82) is 0 Å². The number of allylic oxidation sites excluding steroid dienone is 1. The standard InChI is InChI=1S/C16H24O2/c17-16-14(11-13-7-3-4-8-13)15(18-16)10-9-12-5-1-2-6-12/h10,12-14H,1-9,11H2/t14-/m0/s1. The average Bonchev–Trinajstić information content (AvgIpc) is 3.04. The van der Waals surface area contributed by atoms with Crippen LogP contribution in [0.1, 0.15) is 64.2 Å². The van der Waals surface area contributed by atoms with E-state index < -0.39 is 0 Å². The lowest BCUT2D eigenvalue weighted by molar-refractivity contribution is -0.158. The lowest BCUT2D eigenvalue weighted by atomic mass is 9.88. The Morgan fingerprint density at radius 3 is 2.22 bits per heavy atom. The van der Waals surface area contributed by atoms with E-state index in [1.807, 2.05) is 0 Å². The molecule has 1 heterocycles. The number of esters is 1. The van der Waals surface area contributed by atoms with Crippen molar-refractivity contribution in [2.45, 2.75) is 64.2 Å². The van der Waals surface area contributed by atoms with Gasteiger partial charge in [-0.15, -0.1) is 0 Å². The summed E-state index contributed by atoms with van der Waals surface area (Å²) in [7, 11) is 0. The quantitative estimate of drug-likeness (QED) is 0.697. The second-order valence-electron chi connectivity index (χ2n) is 6.35. The molecule has 2 saturated carbocycles. The van der Waals surface area contributed by atoms with Crippen molar-refractivity contribution in [3.63, 3.8) is 0 Å². The summed E-state index contributed by atoms with van der Waals surface area (Å²) in [6, 6.07) is 0. The fourth-order valence-electron chi connectivity index (χ4n) is 3.82. The molecule has 0 aromatic heterocycles. The normalized spacial score (nSPS) is 31.9. The Labute approximate surface area is 110 Å². The van der Waals surface area contributed by atoms with E-state index in [1.165, 1.54) is 51.4 Å². The van der Waals surface area contributed by atoms with Crippen molar-refractivity contribution in [3.05, 3.63) is 11.8 Å². The molecule has 0 N–H and O–H groups in total. The van der Waals surface area contributed by atoms with Gasteiger partial charge in [-0.2, -0.15) is 0 Å². The van der Waals surface area contributed by atoms with E-state index in [1.54, 1.807) is 0 Å². The van der Waals surface area contributed by atoms with Crippen LogP contribution in [0.4, 0.5) is 0 Å². The molecule has 0 aromatic rings. The molecule has 0 aromatic carbocycles. The Morgan fingerprint density at radius 2 is 1.61 bits per heavy atom. The first kappa shape index (κ1) is 12.3. The zero-order valence-corrected chi connectivity index (χ0v) is 11.2. The molecule has 3 aliphatic rings. The largest absolute Gasteiger partial charge is 0.430 e. The highest BCUT2D eigenvalue weighted by Gasteiger charge is 2.39. The van der Waals surface area contributed by atoms with Crippen LogP contribution in [0, 0.1) is 17.8 Å². The molecule has 2 nitrogen and oxygen atoms in total. The van der Waals surface area contributed by atoms with E-state index >= 15 is 0 Å². The maximum absolute atomic E-state index is 11.6. The second kappa shape index (κ2) is 5.46. The predicted molar refractivity (Wildman–Crippen MR) is 70.8 cm³/mol. The molecule has 3 rings (SSSR count). The predicted octanol–water partition coefficient (Wildman–Crippen LogP) is 4.20. The van der Waals surface area contributed by atoms with Gasteiger partial charge < -0.3 is 4.74 Å². The van der Waals surface area contributed by atoms with E-state index in [4.69, 9.17) is 4.74 Å². The van der Waals surface area contributed by atoms with Crippen LogP contribution in [0.5, 0.6) is 0 Å². The van der Waals surface area contributed by atoms with Gasteiger partial charge in [-0.05, 0) is 30.8 Å². The molecule has 0 unspecified atom stereocenters. The summed E-state index contributed by atoms with van der Waals surface area (Å²) in [5.41, 5.74) is 0. The Bertz CT molecular complexity index is 333. The van der Waals surface area contributed by atoms with Gasteiger partial charge in [-0.3, -0.25) is 4.79 Å². The number of hydrogen-bond donors (Lipinski definition) is 0. The van der Waals surface area contributed by atoms with Crippen LogP contribution >= 0.6 is 0 Å². The first-order valence-electron chi connectivity index (χ1n) is 7.74. The van der Waals surface area contributed by atoms with E-state index in [0.29, 0.717) is 0 Å². The van der Waals surface area contributed by atoms with Gasteiger partial charge in [0.15, 0.2) is 0 Å². The molecule has 3 fully saturated rings. The third-order valence-electron chi connectivity index (χ3n) is 5.02. The van der Waals surface area contributed by atoms with Crippen LogP contribution in [0.3, 0.4) is 0 Å². The Balaban J connectivity index is 1.51. The van der Waals surface area contributed by atoms with Gasteiger partial charge in [0, 0.05) is 0 Å². The van der Waals surface area contributed by atoms with Crippen LogP contribution in [0.2, 0.25) is 0 Å². The van der Waals surface area contributed by atoms with E-state index in [-0.39, 0.29) is 11.9 Å². The number of cyclic esters (lactones) is 1.